The van der Waals surface area contributed by atoms with Crippen molar-refractivity contribution in [3.8, 4) is 5.75 Å². The molecule has 0 fully saturated rings. The first-order valence-electron chi connectivity index (χ1n) is 7.25. The summed E-state index contributed by atoms with van der Waals surface area (Å²) in [5, 5.41) is 7.73. The number of nitrogens with zero attached hydrogens (tertiary/aromatic N) is 2. The molecular formula is C16H22N4O2. The van der Waals surface area contributed by atoms with Gasteiger partial charge in [0.2, 0.25) is 0 Å². The fourth-order valence-corrected chi connectivity index (χ4v) is 2.06. The highest BCUT2D eigenvalue weighted by Crippen LogP contribution is 2.12. The van der Waals surface area contributed by atoms with Gasteiger partial charge in [0.15, 0.2) is 6.61 Å². The standard InChI is InChI=1S/C16H22N4O2/c1-12-7-19-20(9-12)10-13(2)18-8-14-3-5-15(6-4-14)22-11-16(17)21/h3-7,9,13,18H,8,10-11H2,1-2H3,(H2,17,21)/t13-/m1/s1. The van der Waals surface area contributed by atoms with Crippen molar-refractivity contribution in [2.45, 2.75) is 33.0 Å². The lowest BCUT2D eigenvalue weighted by Crippen LogP contribution is -2.30. The molecule has 0 radical (unpaired) electrons. The molecule has 0 aliphatic carbocycles. The normalized spacial score (nSPS) is 12.1. The Morgan fingerprint density at radius 3 is 2.73 bits per heavy atom. The Bertz CT molecular complexity index is 607. The number of ether oxygens (including phenoxy) is 1. The van der Waals surface area contributed by atoms with Gasteiger partial charge >= 0.3 is 0 Å². The summed E-state index contributed by atoms with van der Waals surface area (Å²) in [6.07, 6.45) is 3.89. The van der Waals surface area contributed by atoms with Gasteiger partial charge in [-0.1, -0.05) is 12.1 Å². The maximum absolute atomic E-state index is 10.6. The fourth-order valence-electron chi connectivity index (χ4n) is 2.06. The average molecular weight is 302 g/mol. The second kappa shape index (κ2) is 7.61. The largest absolute Gasteiger partial charge is 0.484 e. The monoisotopic (exact) mass is 302 g/mol. The average Bonchev–Trinajstić information content (AvgIpc) is 2.89. The highest BCUT2D eigenvalue weighted by molar-refractivity contribution is 5.75. The van der Waals surface area contributed by atoms with Crippen molar-refractivity contribution in [2.24, 2.45) is 5.73 Å². The molecule has 0 saturated heterocycles. The van der Waals surface area contributed by atoms with Crippen molar-refractivity contribution in [1.29, 1.82) is 0 Å². The van der Waals surface area contributed by atoms with E-state index in [9.17, 15) is 4.79 Å². The third kappa shape index (κ3) is 5.21. The molecule has 1 aromatic carbocycles. The lowest BCUT2D eigenvalue weighted by Gasteiger charge is -2.14. The van der Waals surface area contributed by atoms with E-state index in [4.69, 9.17) is 10.5 Å². The predicted molar refractivity (Wildman–Crippen MR) is 84.4 cm³/mol. The first-order valence-corrected chi connectivity index (χ1v) is 7.25. The van der Waals surface area contributed by atoms with Gasteiger partial charge in [0, 0.05) is 18.8 Å². The van der Waals surface area contributed by atoms with Crippen LogP contribution in [0, 0.1) is 6.92 Å². The van der Waals surface area contributed by atoms with Crippen molar-refractivity contribution in [3.63, 3.8) is 0 Å². The summed E-state index contributed by atoms with van der Waals surface area (Å²) in [7, 11) is 0. The first-order chi connectivity index (χ1) is 10.5. The molecule has 6 heteroatoms. The quantitative estimate of drug-likeness (QED) is 0.768. The zero-order chi connectivity index (χ0) is 15.9. The number of aryl methyl sites for hydroxylation is 1. The van der Waals surface area contributed by atoms with Crippen LogP contribution in [0.25, 0.3) is 0 Å². The van der Waals surface area contributed by atoms with E-state index in [0.717, 1.165) is 18.7 Å². The van der Waals surface area contributed by atoms with Gasteiger partial charge in [-0.15, -0.1) is 0 Å². The molecule has 0 aliphatic heterocycles. The summed E-state index contributed by atoms with van der Waals surface area (Å²) in [6.45, 7) is 5.65. The summed E-state index contributed by atoms with van der Waals surface area (Å²) in [5.41, 5.74) is 7.35. The van der Waals surface area contributed by atoms with Gasteiger partial charge in [-0.2, -0.15) is 5.10 Å². The Balaban J connectivity index is 1.77. The maximum atomic E-state index is 10.6. The fraction of sp³-hybridized carbons (Fsp3) is 0.375. The number of benzene rings is 1. The van der Waals surface area contributed by atoms with Crippen molar-refractivity contribution >= 4 is 5.91 Å². The molecule has 3 N–H and O–H groups in total. The molecule has 0 saturated carbocycles. The molecule has 2 aromatic rings. The number of carbonyl (C=O) groups excluding carboxylic acids is 1. The Kier molecular flexibility index (Phi) is 5.55. The van der Waals surface area contributed by atoms with Gasteiger partial charge < -0.3 is 15.8 Å². The predicted octanol–water partition coefficient (Wildman–Crippen LogP) is 1.23. The van der Waals surface area contributed by atoms with E-state index in [1.54, 1.807) is 0 Å². The van der Waals surface area contributed by atoms with E-state index < -0.39 is 5.91 Å². The lowest BCUT2D eigenvalue weighted by atomic mass is 10.2. The van der Waals surface area contributed by atoms with E-state index in [1.807, 2.05) is 48.3 Å². The molecule has 1 atom stereocenters. The third-order valence-electron chi connectivity index (χ3n) is 3.18. The number of nitrogens with one attached hydrogen (secondary N) is 1. The van der Waals surface area contributed by atoms with E-state index in [1.165, 1.54) is 5.56 Å². The summed E-state index contributed by atoms with van der Waals surface area (Å²) in [6, 6.07) is 7.91. The lowest BCUT2D eigenvalue weighted by molar-refractivity contribution is -0.119. The summed E-state index contributed by atoms with van der Waals surface area (Å²) in [4.78, 5) is 10.6. The van der Waals surface area contributed by atoms with Gasteiger partial charge in [-0.05, 0) is 37.1 Å². The Hall–Kier alpha value is -2.34. The van der Waals surface area contributed by atoms with Crippen molar-refractivity contribution in [3.05, 3.63) is 47.8 Å². The van der Waals surface area contributed by atoms with Crippen LogP contribution in [-0.4, -0.2) is 28.3 Å². The van der Waals surface area contributed by atoms with Crippen LogP contribution < -0.4 is 15.8 Å². The molecule has 6 nitrogen and oxygen atoms in total. The minimum Gasteiger partial charge on any atom is -0.484 e. The van der Waals surface area contributed by atoms with Gasteiger partial charge in [-0.3, -0.25) is 9.48 Å². The first kappa shape index (κ1) is 16.0. The summed E-state index contributed by atoms with van der Waals surface area (Å²) < 4.78 is 7.16. The minimum absolute atomic E-state index is 0.0993. The van der Waals surface area contributed by atoms with Crippen LogP contribution in [0.3, 0.4) is 0 Å². The Labute approximate surface area is 130 Å². The van der Waals surface area contributed by atoms with E-state index in [0.29, 0.717) is 11.8 Å². The number of nitrogens with two attached hydrogens (primary N) is 1. The van der Waals surface area contributed by atoms with Crippen LogP contribution in [0.15, 0.2) is 36.7 Å². The van der Waals surface area contributed by atoms with Crippen LogP contribution in [0.1, 0.15) is 18.1 Å². The van der Waals surface area contributed by atoms with Crippen molar-refractivity contribution < 1.29 is 9.53 Å². The SMILES string of the molecule is Cc1cnn(C[C@@H](C)NCc2ccc(OCC(N)=O)cc2)c1. The highest BCUT2D eigenvalue weighted by Gasteiger charge is 2.04. The molecule has 1 aromatic heterocycles. The van der Waals surface area contributed by atoms with Crippen molar-refractivity contribution in [1.82, 2.24) is 15.1 Å². The number of rotatable bonds is 8. The molecule has 0 aliphatic rings. The number of hydrogen-bond acceptors (Lipinski definition) is 4. The molecule has 0 unspecified atom stereocenters. The second-order valence-electron chi connectivity index (χ2n) is 5.42. The van der Waals surface area contributed by atoms with Gasteiger partial charge in [0.05, 0.1) is 12.7 Å². The Morgan fingerprint density at radius 1 is 1.41 bits per heavy atom. The van der Waals surface area contributed by atoms with Crippen LogP contribution in [0.2, 0.25) is 0 Å². The number of amides is 1. The van der Waals surface area contributed by atoms with Crippen LogP contribution in [0.5, 0.6) is 5.75 Å². The number of hydrogen-bond donors (Lipinski definition) is 2. The highest BCUT2D eigenvalue weighted by atomic mass is 16.5. The van der Waals surface area contributed by atoms with E-state index in [2.05, 4.69) is 17.3 Å². The van der Waals surface area contributed by atoms with Gasteiger partial charge in [0.25, 0.3) is 5.91 Å². The molecule has 1 heterocycles. The zero-order valence-electron chi connectivity index (χ0n) is 13.0. The van der Waals surface area contributed by atoms with E-state index >= 15 is 0 Å². The Morgan fingerprint density at radius 2 is 2.14 bits per heavy atom. The molecule has 22 heavy (non-hydrogen) atoms. The molecular weight excluding hydrogens is 280 g/mol. The van der Waals surface area contributed by atoms with Crippen molar-refractivity contribution in [2.75, 3.05) is 6.61 Å². The molecule has 0 spiro atoms. The van der Waals surface area contributed by atoms with E-state index in [-0.39, 0.29) is 6.61 Å². The van der Waals surface area contributed by atoms with Gasteiger partial charge in [-0.25, -0.2) is 0 Å². The number of primary amides is 1. The summed E-state index contributed by atoms with van der Waals surface area (Å²) in [5.74, 6) is 0.163. The zero-order valence-corrected chi connectivity index (χ0v) is 13.0. The smallest absolute Gasteiger partial charge is 0.255 e. The van der Waals surface area contributed by atoms with Crippen LogP contribution in [0.4, 0.5) is 0 Å². The van der Waals surface area contributed by atoms with Gasteiger partial charge in [0.1, 0.15) is 5.75 Å². The number of aromatic nitrogens is 2. The third-order valence-corrected chi connectivity index (χ3v) is 3.18. The molecule has 0 bridgehead atoms. The minimum atomic E-state index is -0.478. The topological polar surface area (TPSA) is 82.2 Å². The van der Waals surface area contributed by atoms with Crippen LogP contribution >= 0.6 is 0 Å². The molecule has 2 rings (SSSR count). The number of carbonyl (C=O) groups is 1. The van der Waals surface area contributed by atoms with Crippen LogP contribution in [-0.2, 0) is 17.9 Å². The molecule has 1 amide bonds. The maximum Gasteiger partial charge on any atom is 0.255 e. The molecule has 118 valence electrons. The summed E-state index contributed by atoms with van der Waals surface area (Å²) >= 11 is 0. The second-order valence-corrected chi connectivity index (χ2v) is 5.42.